The Morgan fingerprint density at radius 2 is 2.39 bits per heavy atom. The molecule has 1 aromatic rings. The number of nitrogens with two attached hydrogens (primary N) is 1. The minimum atomic E-state index is 0.132. The van der Waals surface area contributed by atoms with E-state index in [9.17, 15) is 4.79 Å². The molecular formula is C13H20N4O. The third-order valence-corrected chi connectivity index (χ3v) is 3.36. The molecule has 2 N–H and O–H groups in total. The lowest BCUT2D eigenvalue weighted by molar-refractivity contribution is -0.134. The fourth-order valence-electron chi connectivity index (χ4n) is 2.32. The normalized spacial score (nSPS) is 21.0. The van der Waals surface area contributed by atoms with Gasteiger partial charge in [-0.25, -0.2) is 0 Å². The zero-order valence-corrected chi connectivity index (χ0v) is 10.7. The molecule has 5 nitrogen and oxygen atoms in total. The maximum absolute atomic E-state index is 12.3. The number of hydrogen-bond acceptors (Lipinski definition) is 4. The lowest BCUT2D eigenvalue weighted by atomic mass is 10.1. The van der Waals surface area contributed by atoms with Crippen molar-refractivity contribution in [2.75, 3.05) is 33.2 Å². The number of aromatic nitrogens is 1. The molecule has 1 saturated heterocycles. The first-order valence-corrected chi connectivity index (χ1v) is 6.27. The molecule has 0 spiro atoms. The molecule has 0 saturated carbocycles. The molecule has 1 atom stereocenters. The molecule has 1 fully saturated rings. The maximum atomic E-state index is 12.3. The number of hydrogen-bond donors (Lipinski definition) is 1. The summed E-state index contributed by atoms with van der Waals surface area (Å²) >= 11 is 0. The molecule has 1 aliphatic heterocycles. The van der Waals surface area contributed by atoms with Crippen molar-refractivity contribution >= 4 is 5.91 Å². The Bertz CT molecular complexity index is 395. The second-order valence-corrected chi connectivity index (χ2v) is 4.78. The molecule has 0 bridgehead atoms. The Balaban J connectivity index is 1.99. The van der Waals surface area contributed by atoms with Gasteiger partial charge in [0.15, 0.2) is 0 Å². The SMILES string of the molecule is CN1CCN(C(=O)Cc2cccnc2)C(CN)C1. The average Bonchev–Trinajstić information content (AvgIpc) is 2.39. The van der Waals surface area contributed by atoms with E-state index in [4.69, 9.17) is 5.73 Å². The summed E-state index contributed by atoms with van der Waals surface area (Å²) in [6.07, 6.45) is 3.87. The van der Waals surface area contributed by atoms with Gasteiger partial charge < -0.3 is 15.5 Å². The van der Waals surface area contributed by atoms with Crippen LogP contribution in [0.1, 0.15) is 5.56 Å². The lowest BCUT2D eigenvalue weighted by Crippen LogP contribution is -2.57. The molecule has 2 heterocycles. The number of amides is 1. The summed E-state index contributed by atoms with van der Waals surface area (Å²) in [7, 11) is 2.06. The van der Waals surface area contributed by atoms with Crippen LogP contribution in [0.2, 0.25) is 0 Å². The fraction of sp³-hybridized carbons (Fsp3) is 0.538. The quantitative estimate of drug-likeness (QED) is 0.799. The summed E-state index contributed by atoms with van der Waals surface area (Å²) in [6.45, 7) is 3.05. The topological polar surface area (TPSA) is 62.5 Å². The Morgan fingerprint density at radius 1 is 1.56 bits per heavy atom. The van der Waals surface area contributed by atoms with Crippen molar-refractivity contribution in [1.29, 1.82) is 0 Å². The van der Waals surface area contributed by atoms with E-state index in [-0.39, 0.29) is 11.9 Å². The maximum Gasteiger partial charge on any atom is 0.227 e. The van der Waals surface area contributed by atoms with Gasteiger partial charge in [0.05, 0.1) is 12.5 Å². The van der Waals surface area contributed by atoms with Crippen LogP contribution in [-0.4, -0.2) is 60.0 Å². The number of carbonyl (C=O) groups is 1. The van der Waals surface area contributed by atoms with E-state index in [0.29, 0.717) is 13.0 Å². The van der Waals surface area contributed by atoms with E-state index in [1.54, 1.807) is 12.4 Å². The van der Waals surface area contributed by atoms with Crippen molar-refractivity contribution in [1.82, 2.24) is 14.8 Å². The van der Waals surface area contributed by atoms with Gasteiger partial charge in [0.25, 0.3) is 0 Å². The molecule has 98 valence electrons. The number of likely N-dealkylation sites (N-methyl/N-ethyl adjacent to an activating group) is 1. The predicted octanol–water partition coefficient (Wildman–Crippen LogP) is -0.275. The highest BCUT2D eigenvalue weighted by Gasteiger charge is 2.27. The molecule has 1 unspecified atom stereocenters. The van der Waals surface area contributed by atoms with Gasteiger partial charge in [-0.3, -0.25) is 9.78 Å². The number of carbonyl (C=O) groups excluding carboxylic acids is 1. The van der Waals surface area contributed by atoms with Gasteiger partial charge in [-0.05, 0) is 18.7 Å². The molecule has 5 heteroatoms. The third-order valence-electron chi connectivity index (χ3n) is 3.36. The van der Waals surface area contributed by atoms with Crippen LogP contribution in [0.5, 0.6) is 0 Å². The van der Waals surface area contributed by atoms with Crippen LogP contribution in [0.15, 0.2) is 24.5 Å². The Hall–Kier alpha value is -1.46. The van der Waals surface area contributed by atoms with Crippen molar-refractivity contribution in [3.8, 4) is 0 Å². The van der Waals surface area contributed by atoms with Gasteiger partial charge >= 0.3 is 0 Å². The highest BCUT2D eigenvalue weighted by atomic mass is 16.2. The number of rotatable bonds is 3. The van der Waals surface area contributed by atoms with Crippen molar-refractivity contribution < 1.29 is 4.79 Å². The molecule has 18 heavy (non-hydrogen) atoms. The largest absolute Gasteiger partial charge is 0.336 e. The molecular weight excluding hydrogens is 228 g/mol. The van der Waals surface area contributed by atoms with Gasteiger partial charge in [-0.15, -0.1) is 0 Å². The van der Waals surface area contributed by atoms with Gasteiger partial charge in [0.2, 0.25) is 5.91 Å². The van der Waals surface area contributed by atoms with Crippen LogP contribution in [0.4, 0.5) is 0 Å². The van der Waals surface area contributed by atoms with Crippen molar-refractivity contribution in [3.63, 3.8) is 0 Å². The summed E-state index contributed by atoms with van der Waals surface area (Å²) in [5.74, 6) is 0.145. The van der Waals surface area contributed by atoms with Crippen molar-refractivity contribution in [2.24, 2.45) is 5.73 Å². The molecule has 2 rings (SSSR count). The zero-order valence-electron chi connectivity index (χ0n) is 10.7. The monoisotopic (exact) mass is 248 g/mol. The van der Waals surface area contributed by atoms with Crippen LogP contribution < -0.4 is 5.73 Å². The molecule has 0 radical (unpaired) electrons. The first-order chi connectivity index (χ1) is 8.70. The fourth-order valence-corrected chi connectivity index (χ4v) is 2.32. The first kappa shape index (κ1) is 13.0. The lowest BCUT2D eigenvalue weighted by Gasteiger charge is -2.39. The molecule has 1 aliphatic rings. The van der Waals surface area contributed by atoms with Crippen molar-refractivity contribution in [3.05, 3.63) is 30.1 Å². The van der Waals surface area contributed by atoms with Gasteiger partial charge in [0, 0.05) is 38.6 Å². The van der Waals surface area contributed by atoms with Gasteiger partial charge in [0.1, 0.15) is 0 Å². The van der Waals surface area contributed by atoms with Crippen LogP contribution in [-0.2, 0) is 11.2 Å². The van der Waals surface area contributed by atoms with E-state index in [1.165, 1.54) is 0 Å². The summed E-state index contributed by atoms with van der Waals surface area (Å²) in [5, 5.41) is 0. The summed E-state index contributed by atoms with van der Waals surface area (Å²) in [4.78, 5) is 20.4. The number of nitrogens with zero attached hydrogens (tertiary/aromatic N) is 3. The Kier molecular flexibility index (Phi) is 4.28. The van der Waals surface area contributed by atoms with Crippen LogP contribution >= 0.6 is 0 Å². The zero-order chi connectivity index (χ0) is 13.0. The van der Waals surface area contributed by atoms with E-state index in [2.05, 4.69) is 16.9 Å². The first-order valence-electron chi connectivity index (χ1n) is 6.27. The van der Waals surface area contributed by atoms with E-state index < -0.39 is 0 Å². The standard InChI is InChI=1S/C13H20N4O/c1-16-5-6-17(12(8-14)10-16)13(18)7-11-3-2-4-15-9-11/h2-4,9,12H,5-8,10,14H2,1H3. The number of piperazine rings is 1. The Morgan fingerprint density at radius 3 is 3.06 bits per heavy atom. The van der Waals surface area contributed by atoms with E-state index in [1.807, 2.05) is 17.0 Å². The molecule has 0 aliphatic carbocycles. The third kappa shape index (κ3) is 3.05. The van der Waals surface area contributed by atoms with E-state index in [0.717, 1.165) is 25.2 Å². The van der Waals surface area contributed by atoms with Crippen LogP contribution in [0.25, 0.3) is 0 Å². The minimum Gasteiger partial charge on any atom is -0.336 e. The smallest absolute Gasteiger partial charge is 0.227 e. The summed E-state index contributed by atoms with van der Waals surface area (Å²) in [5.41, 5.74) is 6.71. The summed E-state index contributed by atoms with van der Waals surface area (Å²) < 4.78 is 0. The van der Waals surface area contributed by atoms with Crippen LogP contribution in [0, 0.1) is 0 Å². The number of pyridine rings is 1. The van der Waals surface area contributed by atoms with Gasteiger partial charge in [-0.2, -0.15) is 0 Å². The van der Waals surface area contributed by atoms with Gasteiger partial charge in [-0.1, -0.05) is 6.07 Å². The highest BCUT2D eigenvalue weighted by molar-refractivity contribution is 5.79. The van der Waals surface area contributed by atoms with Crippen molar-refractivity contribution in [2.45, 2.75) is 12.5 Å². The summed E-state index contributed by atoms with van der Waals surface area (Å²) in [6, 6.07) is 3.92. The van der Waals surface area contributed by atoms with E-state index >= 15 is 0 Å². The second kappa shape index (κ2) is 5.93. The second-order valence-electron chi connectivity index (χ2n) is 4.78. The predicted molar refractivity (Wildman–Crippen MR) is 70.0 cm³/mol. The molecule has 0 aromatic carbocycles. The average molecular weight is 248 g/mol. The highest BCUT2D eigenvalue weighted by Crippen LogP contribution is 2.10. The molecule has 1 aromatic heterocycles. The minimum absolute atomic E-state index is 0.132. The Labute approximate surface area is 108 Å². The van der Waals surface area contributed by atoms with Crippen LogP contribution in [0.3, 0.4) is 0 Å². The molecule has 1 amide bonds.